The molecule has 0 aliphatic carbocycles. The molecular weight excluding hydrogens is 290 g/mol. The third-order valence-corrected chi connectivity index (χ3v) is 4.19. The molecule has 3 aromatic rings. The standard InChI is InChI=1S/C14H9N3OS2/c19-14(16-9-5-1-2-6-10(9)17-14)20-13-15-11-7-3-4-8-12(11)18-13/h1-8,19H. The second kappa shape index (κ2) is 4.36. The summed E-state index contributed by atoms with van der Waals surface area (Å²) in [6, 6.07) is 15.3. The van der Waals surface area contributed by atoms with E-state index in [1.807, 2.05) is 48.5 Å². The minimum Gasteiger partial charge on any atom is -0.431 e. The summed E-state index contributed by atoms with van der Waals surface area (Å²) in [6.07, 6.45) is 0. The van der Waals surface area contributed by atoms with Gasteiger partial charge in [-0.25, -0.2) is 15.0 Å². The second-order valence-electron chi connectivity index (χ2n) is 4.34. The van der Waals surface area contributed by atoms with Crippen LogP contribution in [0.2, 0.25) is 0 Å². The molecule has 0 amide bonds. The molecule has 4 nitrogen and oxygen atoms in total. The minimum absolute atomic E-state index is 0.515. The molecule has 0 bridgehead atoms. The number of thioether (sulfide) groups is 1. The molecule has 0 radical (unpaired) electrons. The molecule has 0 fully saturated rings. The Kier molecular flexibility index (Phi) is 2.61. The highest BCUT2D eigenvalue weighted by Gasteiger charge is 2.30. The highest BCUT2D eigenvalue weighted by atomic mass is 32.2. The van der Waals surface area contributed by atoms with Gasteiger partial charge in [0.2, 0.25) is 0 Å². The fourth-order valence-corrected chi connectivity index (χ4v) is 3.30. The van der Waals surface area contributed by atoms with Gasteiger partial charge >= 0.3 is 0 Å². The Morgan fingerprint density at radius 2 is 1.60 bits per heavy atom. The van der Waals surface area contributed by atoms with Gasteiger partial charge in [-0.2, -0.15) is 0 Å². The first-order chi connectivity index (χ1) is 9.72. The third kappa shape index (κ3) is 2.01. The highest BCUT2D eigenvalue weighted by molar-refractivity contribution is 8.11. The largest absolute Gasteiger partial charge is 0.431 e. The topological polar surface area (TPSA) is 50.8 Å². The summed E-state index contributed by atoms with van der Waals surface area (Å²) < 4.78 is 4.76. The van der Waals surface area contributed by atoms with Crippen molar-refractivity contribution in [3.05, 3.63) is 59.2 Å². The highest BCUT2D eigenvalue weighted by Crippen LogP contribution is 2.39. The Balaban J connectivity index is 1.74. The average molecular weight is 299 g/mol. The molecule has 1 aliphatic rings. The van der Waals surface area contributed by atoms with Crippen molar-refractivity contribution in [2.45, 2.75) is 9.55 Å². The van der Waals surface area contributed by atoms with E-state index in [9.17, 15) is 0 Å². The first-order valence-electron chi connectivity index (χ1n) is 6.04. The van der Waals surface area contributed by atoms with Crippen molar-refractivity contribution in [2.75, 3.05) is 0 Å². The van der Waals surface area contributed by atoms with Crippen molar-refractivity contribution in [3.8, 4) is 0 Å². The van der Waals surface area contributed by atoms with Crippen molar-refractivity contribution in [1.29, 1.82) is 0 Å². The van der Waals surface area contributed by atoms with E-state index in [0.717, 1.165) is 21.8 Å². The molecule has 0 N–H and O–H groups in total. The number of nitrogens with zero attached hydrogens (tertiary/aromatic N) is 3. The normalized spacial score (nSPS) is 15.7. The number of thiol groups is 1. The van der Waals surface area contributed by atoms with Crippen LogP contribution in [0.15, 0.2) is 68.2 Å². The molecule has 0 saturated carbocycles. The second-order valence-corrected chi connectivity index (χ2v) is 6.38. The molecule has 1 aliphatic heterocycles. The average Bonchev–Trinajstić information content (AvgIpc) is 2.97. The quantitative estimate of drug-likeness (QED) is 0.584. The number of benzene rings is 2. The lowest BCUT2D eigenvalue weighted by Crippen LogP contribution is -2.19. The van der Waals surface area contributed by atoms with Crippen LogP contribution in [0.25, 0.3) is 11.1 Å². The van der Waals surface area contributed by atoms with Crippen LogP contribution in [0.5, 0.6) is 0 Å². The summed E-state index contributed by atoms with van der Waals surface area (Å²) in [4.78, 5) is 13.4. The van der Waals surface area contributed by atoms with Crippen molar-refractivity contribution in [1.82, 2.24) is 4.98 Å². The van der Waals surface area contributed by atoms with Gasteiger partial charge in [0.1, 0.15) is 5.52 Å². The number of fused-ring (bicyclic) bond motifs is 2. The van der Waals surface area contributed by atoms with Crippen LogP contribution in [-0.2, 0) is 0 Å². The van der Waals surface area contributed by atoms with Crippen LogP contribution in [0.3, 0.4) is 0 Å². The monoisotopic (exact) mass is 299 g/mol. The molecule has 20 heavy (non-hydrogen) atoms. The van der Waals surface area contributed by atoms with Crippen molar-refractivity contribution < 1.29 is 4.42 Å². The SMILES string of the molecule is SC1(Sc2nc3ccccc3o2)N=c2ccccc2=N1. The van der Waals surface area contributed by atoms with Crippen LogP contribution in [0.1, 0.15) is 0 Å². The smallest absolute Gasteiger partial charge is 0.261 e. The maximum absolute atomic E-state index is 5.68. The van der Waals surface area contributed by atoms with Gasteiger partial charge in [0, 0.05) is 0 Å². The Morgan fingerprint density at radius 3 is 2.30 bits per heavy atom. The van der Waals surface area contributed by atoms with E-state index in [0.29, 0.717) is 5.22 Å². The number of hydrogen-bond acceptors (Lipinski definition) is 6. The Hall–Kier alpha value is -1.79. The molecule has 0 saturated heterocycles. The molecule has 0 atom stereocenters. The molecule has 98 valence electrons. The summed E-state index contributed by atoms with van der Waals surface area (Å²) in [5.74, 6) is 0. The van der Waals surface area contributed by atoms with Crippen LogP contribution < -0.4 is 10.7 Å². The van der Waals surface area contributed by atoms with Gasteiger partial charge in [-0.15, -0.1) is 12.6 Å². The van der Waals surface area contributed by atoms with Gasteiger partial charge in [0.05, 0.1) is 10.7 Å². The molecule has 1 aromatic heterocycles. The van der Waals surface area contributed by atoms with Gasteiger partial charge in [-0.05, 0) is 36.0 Å². The predicted octanol–water partition coefficient (Wildman–Crippen LogP) is 2.41. The number of oxazole rings is 1. The first-order valence-corrected chi connectivity index (χ1v) is 7.30. The lowest BCUT2D eigenvalue weighted by Gasteiger charge is -2.11. The third-order valence-electron chi connectivity index (χ3n) is 2.91. The Morgan fingerprint density at radius 1 is 0.950 bits per heavy atom. The molecule has 0 spiro atoms. The van der Waals surface area contributed by atoms with Gasteiger partial charge in [-0.3, -0.25) is 0 Å². The number of rotatable bonds is 2. The number of aromatic nitrogens is 1. The molecule has 4 rings (SSSR count). The van der Waals surface area contributed by atoms with E-state index in [4.69, 9.17) is 4.42 Å². The summed E-state index contributed by atoms with van der Waals surface area (Å²) in [6.45, 7) is 0. The number of hydrogen-bond donors (Lipinski definition) is 1. The Bertz CT molecular complexity index is 851. The van der Waals surface area contributed by atoms with Gasteiger partial charge in [0.15, 0.2) is 5.58 Å². The summed E-state index contributed by atoms with van der Waals surface area (Å²) >= 11 is 5.84. The summed E-state index contributed by atoms with van der Waals surface area (Å²) in [5.41, 5.74) is 1.57. The minimum atomic E-state index is -0.912. The molecular formula is C14H9N3OS2. The molecule has 2 aromatic carbocycles. The zero-order valence-corrected chi connectivity index (χ0v) is 11.9. The van der Waals surface area contributed by atoms with Crippen LogP contribution in [0.4, 0.5) is 0 Å². The first kappa shape index (κ1) is 12.0. The fourth-order valence-electron chi connectivity index (χ4n) is 2.05. The Labute approximate surface area is 124 Å². The predicted molar refractivity (Wildman–Crippen MR) is 80.3 cm³/mol. The fraction of sp³-hybridized carbons (Fsp3) is 0.0714. The van der Waals surface area contributed by atoms with Crippen molar-refractivity contribution >= 4 is 35.5 Å². The van der Waals surface area contributed by atoms with E-state index in [-0.39, 0.29) is 0 Å². The van der Waals surface area contributed by atoms with Crippen LogP contribution in [0, 0.1) is 0 Å². The van der Waals surface area contributed by atoms with E-state index < -0.39 is 4.33 Å². The number of para-hydroxylation sites is 4. The molecule has 2 heterocycles. The maximum atomic E-state index is 5.68. The van der Waals surface area contributed by atoms with Gasteiger partial charge in [0.25, 0.3) is 9.55 Å². The van der Waals surface area contributed by atoms with E-state index >= 15 is 0 Å². The maximum Gasteiger partial charge on any atom is 0.261 e. The lowest BCUT2D eigenvalue weighted by atomic mass is 10.3. The van der Waals surface area contributed by atoms with Gasteiger partial charge < -0.3 is 4.42 Å². The van der Waals surface area contributed by atoms with E-state index in [2.05, 4.69) is 27.6 Å². The molecule has 6 heteroatoms. The zero-order valence-electron chi connectivity index (χ0n) is 10.2. The van der Waals surface area contributed by atoms with E-state index in [1.165, 1.54) is 11.8 Å². The summed E-state index contributed by atoms with van der Waals surface area (Å²) in [7, 11) is 0. The van der Waals surface area contributed by atoms with Crippen molar-refractivity contribution in [3.63, 3.8) is 0 Å². The van der Waals surface area contributed by atoms with Crippen molar-refractivity contribution in [2.24, 2.45) is 9.98 Å². The van der Waals surface area contributed by atoms with Gasteiger partial charge in [-0.1, -0.05) is 24.3 Å². The van der Waals surface area contributed by atoms with E-state index in [1.54, 1.807) is 0 Å². The summed E-state index contributed by atoms with van der Waals surface area (Å²) in [5, 5.41) is 2.19. The lowest BCUT2D eigenvalue weighted by molar-refractivity contribution is 0.487. The van der Waals surface area contributed by atoms with Crippen LogP contribution >= 0.6 is 24.4 Å². The van der Waals surface area contributed by atoms with Crippen LogP contribution in [-0.4, -0.2) is 9.31 Å². The molecule has 0 unspecified atom stereocenters. The zero-order chi connectivity index (χ0) is 13.6.